The van der Waals surface area contributed by atoms with Crippen LogP contribution in [0.2, 0.25) is 5.02 Å². The van der Waals surface area contributed by atoms with Crippen molar-refractivity contribution in [2.75, 3.05) is 32.0 Å². The number of amides is 2. The molecule has 0 heterocycles. The van der Waals surface area contributed by atoms with Gasteiger partial charge in [-0.1, -0.05) is 54.1 Å². The monoisotopic (exact) mass is 576 g/mol. The predicted octanol–water partition coefficient (Wildman–Crippen LogP) is 7.40. The van der Waals surface area contributed by atoms with Crippen molar-refractivity contribution in [2.45, 2.75) is 17.1 Å². The first-order valence-electron chi connectivity index (χ1n) is 12.3. The fourth-order valence-corrected chi connectivity index (χ4v) is 5.32. The van der Waals surface area contributed by atoms with Crippen LogP contribution in [0.5, 0.6) is 17.2 Å². The maximum absolute atomic E-state index is 13.7. The van der Waals surface area contributed by atoms with Crippen molar-refractivity contribution in [1.82, 2.24) is 0 Å². The first-order valence-corrected chi connectivity index (χ1v) is 13.6. The van der Waals surface area contributed by atoms with Gasteiger partial charge < -0.3 is 24.8 Å². The number of thioether (sulfide) groups is 1. The fourth-order valence-electron chi connectivity index (χ4n) is 4.08. The molecule has 0 aliphatic heterocycles. The van der Waals surface area contributed by atoms with Gasteiger partial charge in [-0.15, -0.1) is 11.8 Å². The van der Waals surface area contributed by atoms with Crippen molar-refractivity contribution in [3.05, 3.63) is 107 Å². The maximum atomic E-state index is 13.7. The van der Waals surface area contributed by atoms with Gasteiger partial charge in [0, 0.05) is 21.7 Å². The van der Waals surface area contributed by atoms with E-state index in [-0.39, 0.29) is 11.8 Å². The van der Waals surface area contributed by atoms with Gasteiger partial charge >= 0.3 is 0 Å². The third-order valence-corrected chi connectivity index (χ3v) is 7.74. The average Bonchev–Trinajstić information content (AvgIpc) is 2.97. The van der Waals surface area contributed by atoms with Gasteiger partial charge in [-0.05, 0) is 54.4 Å². The quantitative estimate of drug-likeness (QED) is 0.191. The van der Waals surface area contributed by atoms with Crippen molar-refractivity contribution in [3.8, 4) is 17.2 Å². The van der Waals surface area contributed by atoms with Crippen molar-refractivity contribution in [1.29, 1.82) is 0 Å². The van der Waals surface area contributed by atoms with E-state index in [9.17, 15) is 9.59 Å². The molecule has 0 bridgehead atoms. The molecule has 1 unspecified atom stereocenters. The maximum Gasteiger partial charge on any atom is 0.263 e. The summed E-state index contributed by atoms with van der Waals surface area (Å²) in [6, 6.07) is 25.4. The Morgan fingerprint density at radius 2 is 1.43 bits per heavy atom. The smallest absolute Gasteiger partial charge is 0.263 e. The molecule has 0 spiro atoms. The summed E-state index contributed by atoms with van der Waals surface area (Å²) in [6.07, 6.45) is 0. The van der Waals surface area contributed by atoms with Gasteiger partial charge in [0.15, 0.2) is 0 Å². The fraction of sp³-hybridized carbons (Fsp3) is 0.161. The number of methoxy groups -OCH3 is 3. The van der Waals surface area contributed by atoms with E-state index in [4.69, 9.17) is 25.8 Å². The second-order valence-corrected chi connectivity index (χ2v) is 10.3. The Balaban J connectivity index is 1.60. The average molecular weight is 577 g/mol. The van der Waals surface area contributed by atoms with E-state index in [2.05, 4.69) is 10.6 Å². The summed E-state index contributed by atoms with van der Waals surface area (Å²) in [5.74, 6) is 0.660. The summed E-state index contributed by atoms with van der Waals surface area (Å²) in [7, 11) is 4.53. The van der Waals surface area contributed by atoms with Crippen LogP contribution in [-0.4, -0.2) is 33.1 Å². The molecule has 206 valence electrons. The van der Waals surface area contributed by atoms with E-state index in [1.165, 1.54) is 33.1 Å². The van der Waals surface area contributed by atoms with Gasteiger partial charge in [0.1, 0.15) is 28.1 Å². The van der Waals surface area contributed by atoms with Crippen LogP contribution < -0.4 is 24.8 Å². The lowest BCUT2D eigenvalue weighted by atomic mass is 10.1. The Kier molecular flexibility index (Phi) is 9.58. The Hall–Kier alpha value is -4.14. The molecule has 4 aromatic carbocycles. The highest BCUT2D eigenvalue weighted by Gasteiger charge is 2.24. The lowest BCUT2D eigenvalue weighted by molar-refractivity contribution is -0.115. The highest BCUT2D eigenvalue weighted by Crippen LogP contribution is 2.39. The van der Waals surface area contributed by atoms with Crippen molar-refractivity contribution < 1.29 is 23.8 Å². The molecule has 2 N–H and O–H groups in total. The Labute approximate surface area is 242 Å². The van der Waals surface area contributed by atoms with Gasteiger partial charge in [-0.25, -0.2) is 0 Å². The zero-order chi connectivity index (χ0) is 28.6. The number of ether oxygens (including phenoxy) is 3. The molecule has 0 saturated carbocycles. The first-order chi connectivity index (χ1) is 19.3. The van der Waals surface area contributed by atoms with E-state index < -0.39 is 5.25 Å². The second kappa shape index (κ2) is 13.3. The molecule has 9 heteroatoms. The van der Waals surface area contributed by atoms with Gasteiger partial charge in [-0.2, -0.15) is 0 Å². The Morgan fingerprint density at radius 1 is 0.775 bits per heavy atom. The standard InChI is InChI=1S/C31H29ClN2O5S/c1-19-16-24(27(39-4)18-23(19)32)34-31(36)29(20-10-6-5-7-11-20)40-22-13-8-12-21(17-22)33-30(35)28-25(37-2)14-9-15-26(28)38-3/h5-18,29H,1-4H3,(H,33,35)(H,34,36). The van der Waals surface area contributed by atoms with Crippen LogP contribution in [0.15, 0.2) is 89.8 Å². The lowest BCUT2D eigenvalue weighted by Gasteiger charge is -2.19. The van der Waals surface area contributed by atoms with E-state index in [1.54, 1.807) is 36.4 Å². The molecule has 0 saturated heterocycles. The van der Waals surface area contributed by atoms with E-state index >= 15 is 0 Å². The zero-order valence-electron chi connectivity index (χ0n) is 22.5. The first kappa shape index (κ1) is 28.9. The molecule has 1 atom stereocenters. The molecule has 4 rings (SSSR count). The molecule has 40 heavy (non-hydrogen) atoms. The molecular formula is C31H29ClN2O5S. The van der Waals surface area contributed by atoms with Crippen LogP contribution >= 0.6 is 23.4 Å². The number of anilines is 2. The van der Waals surface area contributed by atoms with E-state index in [0.717, 1.165) is 16.0 Å². The molecule has 0 aliphatic carbocycles. The highest BCUT2D eigenvalue weighted by molar-refractivity contribution is 8.00. The predicted molar refractivity (Wildman–Crippen MR) is 160 cm³/mol. The SMILES string of the molecule is COc1cc(Cl)c(C)cc1NC(=O)C(Sc1cccc(NC(=O)c2c(OC)cccc2OC)c1)c1ccccc1. The number of nitrogens with one attached hydrogen (secondary N) is 2. The Morgan fingerprint density at radius 3 is 2.08 bits per heavy atom. The summed E-state index contributed by atoms with van der Waals surface area (Å²) in [6.45, 7) is 1.86. The van der Waals surface area contributed by atoms with Crippen LogP contribution in [0.3, 0.4) is 0 Å². The minimum Gasteiger partial charge on any atom is -0.496 e. The number of carbonyl (C=O) groups is 2. The van der Waals surface area contributed by atoms with Crippen LogP contribution in [0.4, 0.5) is 11.4 Å². The number of hydrogen-bond acceptors (Lipinski definition) is 6. The number of rotatable bonds is 10. The molecule has 0 aliphatic rings. The van der Waals surface area contributed by atoms with Gasteiger partial charge in [0.25, 0.3) is 5.91 Å². The van der Waals surface area contributed by atoms with Gasteiger partial charge in [0.2, 0.25) is 5.91 Å². The third-order valence-electron chi connectivity index (χ3n) is 6.08. The minimum atomic E-state index is -0.595. The normalized spacial score (nSPS) is 11.3. The van der Waals surface area contributed by atoms with Crippen molar-refractivity contribution in [2.24, 2.45) is 0 Å². The molecule has 0 radical (unpaired) electrons. The molecule has 0 fully saturated rings. The summed E-state index contributed by atoms with van der Waals surface area (Å²) in [5, 5.41) is 5.87. The Bertz CT molecular complexity index is 1490. The van der Waals surface area contributed by atoms with Gasteiger partial charge in [-0.3, -0.25) is 9.59 Å². The minimum absolute atomic E-state index is 0.232. The number of halogens is 1. The number of carbonyl (C=O) groups excluding carboxylic acids is 2. The molecule has 2 amide bonds. The van der Waals surface area contributed by atoms with Crippen LogP contribution in [0.1, 0.15) is 26.7 Å². The summed E-state index contributed by atoms with van der Waals surface area (Å²) >= 11 is 7.61. The molecular weight excluding hydrogens is 548 g/mol. The molecule has 0 aromatic heterocycles. The molecule has 4 aromatic rings. The second-order valence-electron chi connectivity index (χ2n) is 8.72. The number of aryl methyl sites for hydroxylation is 1. The number of hydrogen-bond donors (Lipinski definition) is 2. The van der Waals surface area contributed by atoms with Crippen molar-refractivity contribution in [3.63, 3.8) is 0 Å². The van der Waals surface area contributed by atoms with Crippen molar-refractivity contribution >= 4 is 46.6 Å². The summed E-state index contributed by atoms with van der Waals surface area (Å²) in [5.41, 5.74) is 3.02. The van der Waals surface area contributed by atoms with E-state index in [1.807, 2.05) is 55.5 Å². The van der Waals surface area contributed by atoms with Crippen LogP contribution in [0, 0.1) is 6.92 Å². The van der Waals surface area contributed by atoms with Gasteiger partial charge in [0.05, 0.1) is 27.0 Å². The van der Waals surface area contributed by atoms with E-state index in [0.29, 0.717) is 39.2 Å². The van der Waals surface area contributed by atoms with Crippen LogP contribution in [0.25, 0.3) is 0 Å². The lowest BCUT2D eigenvalue weighted by Crippen LogP contribution is -2.19. The molecule has 7 nitrogen and oxygen atoms in total. The largest absolute Gasteiger partial charge is 0.496 e. The number of benzene rings is 4. The topological polar surface area (TPSA) is 85.9 Å². The zero-order valence-corrected chi connectivity index (χ0v) is 24.1. The highest BCUT2D eigenvalue weighted by atomic mass is 35.5. The summed E-state index contributed by atoms with van der Waals surface area (Å²) in [4.78, 5) is 27.6. The summed E-state index contributed by atoms with van der Waals surface area (Å²) < 4.78 is 16.2. The van der Waals surface area contributed by atoms with Crippen LogP contribution in [-0.2, 0) is 4.79 Å². The third kappa shape index (κ3) is 6.70.